The topological polar surface area (TPSA) is 191 Å². The number of aliphatic hydroxyl groups is 5. The molecule has 8 N–H and O–H groups in total. The lowest BCUT2D eigenvalue weighted by Crippen LogP contribution is -2.59. The second kappa shape index (κ2) is 9.68. The zero-order valence-corrected chi connectivity index (χ0v) is 18.8. The highest BCUT2D eigenvalue weighted by molar-refractivity contribution is 5.70. The zero-order chi connectivity index (χ0) is 25.4. The first-order chi connectivity index (χ1) is 16.7. The van der Waals surface area contributed by atoms with Crippen LogP contribution in [0.25, 0.3) is 6.08 Å². The van der Waals surface area contributed by atoms with Crippen LogP contribution in [0.1, 0.15) is 17.2 Å². The molecule has 0 spiro atoms. The second-order valence-electron chi connectivity index (χ2n) is 8.05. The third-order valence-electron chi connectivity index (χ3n) is 5.84. The van der Waals surface area contributed by atoms with E-state index in [1.54, 1.807) is 0 Å². The van der Waals surface area contributed by atoms with Gasteiger partial charge in [0.2, 0.25) is 12.0 Å². The van der Waals surface area contributed by atoms with Crippen LogP contribution in [0.15, 0.2) is 30.0 Å². The smallest absolute Gasteiger partial charge is 0.269 e. The van der Waals surface area contributed by atoms with Crippen molar-refractivity contribution in [3.63, 3.8) is 0 Å². The zero-order valence-electron chi connectivity index (χ0n) is 18.8. The maximum absolute atomic E-state index is 10.4. The summed E-state index contributed by atoms with van der Waals surface area (Å²) in [7, 11) is 2.81. The fraction of sp³-hybridized carbons (Fsp3) is 0.391. The molecule has 2 aliphatic heterocycles. The SMILES string of the molecule is COc1cc(C2Oc3cc(O)cc([OH+]C)c3C=C2OC2OC(CO)C(O)C(O)C2O)cc(O)c1O. The lowest BCUT2D eigenvalue weighted by molar-refractivity contribution is -0.293. The van der Waals surface area contributed by atoms with Gasteiger partial charge >= 0.3 is 0 Å². The standard InChI is InChI=1S/C23H26O12/c1-31-13-5-10(25)6-14-11(13)7-16(34-23-21(30)20(29)19(28)17(8-24)35-23)22(33-14)9-3-12(26)18(27)15(4-9)32-2/h3-7,17,19-30H,8H2,1-2H3/p+1. The molecule has 0 saturated carbocycles. The Bertz CT molecular complexity index is 1110. The summed E-state index contributed by atoms with van der Waals surface area (Å²) in [5.74, 6) is -0.534. The normalized spacial score (nSPS) is 27.9. The van der Waals surface area contributed by atoms with Gasteiger partial charge < -0.3 is 59.4 Å². The van der Waals surface area contributed by atoms with Crippen molar-refractivity contribution in [2.75, 3.05) is 20.8 Å². The average Bonchev–Trinajstić information content (AvgIpc) is 2.85. The number of aromatic hydroxyl groups is 4. The van der Waals surface area contributed by atoms with Gasteiger partial charge in [0.15, 0.2) is 24.7 Å². The van der Waals surface area contributed by atoms with Crippen molar-refractivity contribution in [2.24, 2.45) is 0 Å². The summed E-state index contributed by atoms with van der Waals surface area (Å²) in [6.07, 6.45) is -7.24. The molecule has 12 heteroatoms. The van der Waals surface area contributed by atoms with E-state index in [0.717, 1.165) is 0 Å². The van der Waals surface area contributed by atoms with E-state index in [2.05, 4.69) is 4.74 Å². The maximum atomic E-state index is 10.4. The average molecular weight is 495 g/mol. The molecule has 0 amide bonds. The predicted molar refractivity (Wildman–Crippen MR) is 118 cm³/mol. The number of methoxy groups -OCH3 is 1. The third-order valence-corrected chi connectivity index (χ3v) is 5.84. The molecule has 0 radical (unpaired) electrons. The fourth-order valence-electron chi connectivity index (χ4n) is 3.98. The number of hydrogen-bond donors (Lipinski definition) is 7. The summed E-state index contributed by atoms with van der Waals surface area (Å²) in [5, 5.41) is 70.4. The molecule has 35 heavy (non-hydrogen) atoms. The van der Waals surface area contributed by atoms with E-state index in [4.69, 9.17) is 18.9 Å². The summed E-state index contributed by atoms with van der Waals surface area (Å²) in [4.78, 5) is 0. The molecule has 4 rings (SSSR count). The maximum Gasteiger partial charge on any atom is 0.269 e. The van der Waals surface area contributed by atoms with E-state index in [1.165, 1.54) is 44.6 Å². The van der Waals surface area contributed by atoms with E-state index < -0.39 is 54.9 Å². The van der Waals surface area contributed by atoms with Crippen molar-refractivity contribution in [3.05, 3.63) is 41.2 Å². The number of aliphatic hydroxyl groups excluding tert-OH is 4. The molecule has 0 aromatic heterocycles. The van der Waals surface area contributed by atoms with Crippen LogP contribution < -0.4 is 9.47 Å². The number of ether oxygens (including phenoxy) is 5. The van der Waals surface area contributed by atoms with Crippen LogP contribution in [0, 0.1) is 0 Å². The van der Waals surface area contributed by atoms with Crippen molar-refractivity contribution in [3.8, 4) is 34.5 Å². The van der Waals surface area contributed by atoms with E-state index in [9.17, 15) is 35.7 Å². The Morgan fingerprint density at radius 2 is 1.74 bits per heavy atom. The molecule has 12 nitrogen and oxygen atoms in total. The van der Waals surface area contributed by atoms with Gasteiger partial charge in [-0.2, -0.15) is 0 Å². The Kier molecular flexibility index (Phi) is 6.83. The van der Waals surface area contributed by atoms with Crippen LogP contribution >= 0.6 is 0 Å². The monoisotopic (exact) mass is 495 g/mol. The molecule has 190 valence electrons. The lowest BCUT2D eigenvalue weighted by Gasteiger charge is -2.41. The van der Waals surface area contributed by atoms with Gasteiger partial charge in [-0.1, -0.05) is 0 Å². The molecular weight excluding hydrogens is 468 g/mol. The van der Waals surface area contributed by atoms with Gasteiger partial charge in [-0.15, -0.1) is 0 Å². The van der Waals surface area contributed by atoms with Crippen LogP contribution in [0.2, 0.25) is 0 Å². The Labute approximate surface area is 199 Å². The van der Waals surface area contributed by atoms with Crippen molar-refractivity contribution in [1.29, 1.82) is 0 Å². The Morgan fingerprint density at radius 3 is 2.40 bits per heavy atom. The molecule has 0 aliphatic carbocycles. The third kappa shape index (κ3) is 4.49. The quantitative estimate of drug-likeness (QED) is 0.210. The summed E-state index contributed by atoms with van der Waals surface area (Å²) in [6.45, 7) is -0.645. The molecular formula is C23H27O12+. The summed E-state index contributed by atoms with van der Waals surface area (Å²) < 4.78 is 26.6. The minimum Gasteiger partial charge on any atom is -0.584 e. The van der Waals surface area contributed by atoms with Crippen LogP contribution in [0.3, 0.4) is 0 Å². The van der Waals surface area contributed by atoms with E-state index >= 15 is 0 Å². The van der Waals surface area contributed by atoms with Crippen LogP contribution in [-0.4, -0.2) is 92.0 Å². The number of rotatable bonds is 6. The summed E-state index contributed by atoms with van der Waals surface area (Å²) >= 11 is 0. The van der Waals surface area contributed by atoms with Gasteiger partial charge in [-0.3, -0.25) is 0 Å². The second-order valence-corrected chi connectivity index (χ2v) is 8.05. The Morgan fingerprint density at radius 1 is 1.00 bits per heavy atom. The minimum absolute atomic E-state index is 0.0320. The van der Waals surface area contributed by atoms with Crippen molar-refractivity contribution in [1.82, 2.24) is 0 Å². The molecule has 0 bridgehead atoms. The van der Waals surface area contributed by atoms with Gasteiger partial charge in [0.25, 0.3) is 5.75 Å². The van der Waals surface area contributed by atoms with Gasteiger partial charge in [0, 0.05) is 17.7 Å². The van der Waals surface area contributed by atoms with Crippen LogP contribution in [0.5, 0.6) is 34.5 Å². The van der Waals surface area contributed by atoms with Crippen molar-refractivity contribution < 1.29 is 59.4 Å². The van der Waals surface area contributed by atoms with Gasteiger partial charge in [0.1, 0.15) is 47.2 Å². The van der Waals surface area contributed by atoms with E-state index in [0.29, 0.717) is 11.3 Å². The Balaban J connectivity index is 1.79. The van der Waals surface area contributed by atoms with Gasteiger partial charge in [-0.25, -0.2) is 0 Å². The largest absolute Gasteiger partial charge is 0.584 e. The summed E-state index contributed by atoms with van der Waals surface area (Å²) in [5.41, 5.74) is 0.688. The number of phenols is 3. The number of hydrogen-bond acceptors (Lipinski definition) is 11. The first-order valence-corrected chi connectivity index (χ1v) is 10.6. The first kappa shape index (κ1) is 24.7. The highest BCUT2D eigenvalue weighted by Gasteiger charge is 2.46. The molecule has 6 atom stereocenters. The number of fused-ring (bicyclic) bond motifs is 1. The number of phenolic OH excluding ortho intramolecular Hbond substituents is 3. The van der Waals surface area contributed by atoms with E-state index in [1.807, 2.05) is 0 Å². The molecule has 2 aliphatic rings. The van der Waals surface area contributed by atoms with Crippen molar-refractivity contribution in [2.45, 2.75) is 36.8 Å². The highest BCUT2D eigenvalue weighted by atomic mass is 16.7. The predicted octanol–water partition coefficient (Wildman–Crippen LogP) is -0.0258. The van der Waals surface area contributed by atoms with Crippen molar-refractivity contribution >= 4 is 6.08 Å². The molecule has 2 aromatic carbocycles. The lowest BCUT2D eigenvalue weighted by atomic mass is 9.98. The highest BCUT2D eigenvalue weighted by Crippen LogP contribution is 2.47. The fourth-order valence-corrected chi connectivity index (χ4v) is 3.98. The molecule has 2 heterocycles. The summed E-state index contributed by atoms with van der Waals surface area (Å²) in [6, 6.07) is 5.37. The number of benzene rings is 2. The molecule has 1 fully saturated rings. The minimum atomic E-state index is -1.69. The van der Waals surface area contributed by atoms with Gasteiger partial charge in [-0.05, 0) is 12.1 Å². The molecule has 6 unspecified atom stereocenters. The van der Waals surface area contributed by atoms with Gasteiger partial charge in [0.05, 0.1) is 19.8 Å². The first-order valence-electron chi connectivity index (χ1n) is 10.6. The van der Waals surface area contributed by atoms with Crippen LogP contribution in [-0.2, 0) is 9.47 Å². The molecule has 1 saturated heterocycles. The van der Waals surface area contributed by atoms with Crippen LogP contribution in [0.4, 0.5) is 0 Å². The van der Waals surface area contributed by atoms with E-state index in [-0.39, 0.29) is 28.6 Å². The Hall–Kier alpha value is -3.42. The molecule has 2 aromatic rings.